The SMILES string of the molecule is CN(Cc1cccc(Br)c1)C(=O)c1cnn2ccncc12. The van der Waals surface area contributed by atoms with Gasteiger partial charge in [-0.05, 0) is 17.7 Å². The predicted octanol–water partition coefficient (Wildman–Crippen LogP) is 2.76. The molecule has 0 aliphatic carbocycles. The molecular formula is C15H13BrN4O. The van der Waals surface area contributed by atoms with Crippen LogP contribution >= 0.6 is 15.9 Å². The van der Waals surface area contributed by atoms with Crippen LogP contribution in [0.25, 0.3) is 5.52 Å². The first-order valence-electron chi connectivity index (χ1n) is 6.42. The molecule has 2 heterocycles. The quantitative estimate of drug-likeness (QED) is 0.734. The summed E-state index contributed by atoms with van der Waals surface area (Å²) in [6.07, 6.45) is 6.59. The van der Waals surface area contributed by atoms with Crippen LogP contribution in [0.15, 0.2) is 53.5 Å². The summed E-state index contributed by atoms with van der Waals surface area (Å²) in [7, 11) is 1.78. The average molecular weight is 345 g/mol. The molecule has 0 unspecified atom stereocenters. The van der Waals surface area contributed by atoms with Gasteiger partial charge in [-0.3, -0.25) is 9.78 Å². The summed E-state index contributed by atoms with van der Waals surface area (Å²) in [6.45, 7) is 0.538. The smallest absolute Gasteiger partial charge is 0.257 e. The van der Waals surface area contributed by atoms with E-state index in [2.05, 4.69) is 26.0 Å². The monoisotopic (exact) mass is 344 g/mol. The van der Waals surface area contributed by atoms with Crippen molar-refractivity contribution in [3.63, 3.8) is 0 Å². The maximum atomic E-state index is 12.5. The number of fused-ring (bicyclic) bond motifs is 1. The van der Waals surface area contributed by atoms with Crippen molar-refractivity contribution >= 4 is 27.4 Å². The molecule has 1 aromatic carbocycles. The number of hydrogen-bond donors (Lipinski definition) is 0. The van der Waals surface area contributed by atoms with Crippen molar-refractivity contribution in [1.82, 2.24) is 19.5 Å². The molecule has 0 radical (unpaired) electrons. The summed E-state index contributed by atoms with van der Waals surface area (Å²) in [6, 6.07) is 7.91. The number of amides is 1. The molecule has 0 N–H and O–H groups in total. The third-order valence-electron chi connectivity index (χ3n) is 3.21. The van der Waals surface area contributed by atoms with E-state index in [1.165, 1.54) is 0 Å². The Morgan fingerprint density at radius 3 is 3.05 bits per heavy atom. The highest BCUT2D eigenvalue weighted by Gasteiger charge is 2.17. The summed E-state index contributed by atoms with van der Waals surface area (Å²) in [5.74, 6) is -0.0713. The molecule has 0 atom stereocenters. The number of hydrogen-bond acceptors (Lipinski definition) is 3. The molecule has 2 aromatic heterocycles. The number of aromatic nitrogens is 3. The summed E-state index contributed by atoms with van der Waals surface area (Å²) in [5.41, 5.74) is 2.33. The van der Waals surface area contributed by atoms with Crippen molar-refractivity contribution in [1.29, 1.82) is 0 Å². The van der Waals surface area contributed by atoms with Crippen LogP contribution in [0.1, 0.15) is 15.9 Å². The van der Waals surface area contributed by atoms with Crippen molar-refractivity contribution in [2.45, 2.75) is 6.54 Å². The zero-order chi connectivity index (χ0) is 14.8. The Bertz CT molecular complexity index is 799. The first-order valence-corrected chi connectivity index (χ1v) is 7.22. The summed E-state index contributed by atoms with van der Waals surface area (Å²) >= 11 is 3.44. The molecule has 0 spiro atoms. The maximum Gasteiger partial charge on any atom is 0.257 e. The number of carbonyl (C=O) groups excluding carboxylic acids is 1. The van der Waals surface area contributed by atoms with Crippen LogP contribution in [-0.2, 0) is 6.54 Å². The van der Waals surface area contributed by atoms with Gasteiger partial charge in [0.15, 0.2) is 0 Å². The minimum absolute atomic E-state index is 0.0713. The zero-order valence-corrected chi connectivity index (χ0v) is 13.0. The van der Waals surface area contributed by atoms with Gasteiger partial charge < -0.3 is 4.90 Å². The number of nitrogens with zero attached hydrogens (tertiary/aromatic N) is 4. The minimum Gasteiger partial charge on any atom is -0.337 e. The number of benzene rings is 1. The standard InChI is InChI=1S/C15H13BrN4O/c1-19(10-11-3-2-4-12(16)7-11)15(21)13-8-18-20-6-5-17-9-14(13)20/h2-9H,10H2,1H3. The van der Waals surface area contributed by atoms with Gasteiger partial charge in [0.05, 0.1) is 23.5 Å². The van der Waals surface area contributed by atoms with Crippen molar-refractivity contribution in [2.75, 3.05) is 7.05 Å². The van der Waals surface area contributed by atoms with Gasteiger partial charge >= 0.3 is 0 Å². The fraction of sp³-hybridized carbons (Fsp3) is 0.133. The Balaban J connectivity index is 1.84. The highest BCUT2D eigenvalue weighted by atomic mass is 79.9. The lowest BCUT2D eigenvalue weighted by molar-refractivity contribution is 0.0787. The average Bonchev–Trinajstić information content (AvgIpc) is 2.90. The van der Waals surface area contributed by atoms with Gasteiger partial charge in [0, 0.05) is 30.5 Å². The topological polar surface area (TPSA) is 50.5 Å². The van der Waals surface area contributed by atoms with Gasteiger partial charge in [0.1, 0.15) is 0 Å². The van der Waals surface area contributed by atoms with E-state index in [9.17, 15) is 4.79 Å². The largest absolute Gasteiger partial charge is 0.337 e. The Morgan fingerprint density at radius 1 is 1.38 bits per heavy atom. The second-order valence-electron chi connectivity index (χ2n) is 4.76. The number of rotatable bonds is 3. The minimum atomic E-state index is -0.0713. The molecule has 21 heavy (non-hydrogen) atoms. The van der Waals surface area contributed by atoms with Gasteiger partial charge in [-0.15, -0.1) is 0 Å². The van der Waals surface area contributed by atoms with Gasteiger partial charge in [-0.1, -0.05) is 28.1 Å². The van der Waals surface area contributed by atoms with Gasteiger partial charge in [-0.25, -0.2) is 4.52 Å². The van der Waals surface area contributed by atoms with E-state index in [-0.39, 0.29) is 5.91 Å². The fourth-order valence-corrected chi connectivity index (χ4v) is 2.63. The van der Waals surface area contributed by atoms with Crippen molar-refractivity contribution in [3.8, 4) is 0 Å². The molecule has 106 valence electrons. The molecule has 0 aliphatic rings. The lowest BCUT2D eigenvalue weighted by Gasteiger charge is -2.16. The summed E-state index contributed by atoms with van der Waals surface area (Å²) in [4.78, 5) is 18.3. The van der Waals surface area contributed by atoms with E-state index in [4.69, 9.17) is 0 Å². The Kier molecular flexibility index (Phi) is 3.70. The molecule has 0 saturated carbocycles. The van der Waals surface area contributed by atoms with Gasteiger partial charge in [0.2, 0.25) is 0 Å². The van der Waals surface area contributed by atoms with E-state index in [1.54, 1.807) is 41.3 Å². The third-order valence-corrected chi connectivity index (χ3v) is 3.70. The van der Waals surface area contributed by atoms with E-state index < -0.39 is 0 Å². The lowest BCUT2D eigenvalue weighted by atomic mass is 10.2. The van der Waals surface area contributed by atoms with Crippen LogP contribution in [0.3, 0.4) is 0 Å². The van der Waals surface area contributed by atoms with Crippen molar-refractivity contribution in [2.24, 2.45) is 0 Å². The summed E-state index contributed by atoms with van der Waals surface area (Å²) < 4.78 is 2.65. The molecule has 0 aliphatic heterocycles. The molecule has 3 aromatic rings. The molecule has 0 fully saturated rings. The number of carbonyl (C=O) groups is 1. The van der Waals surface area contributed by atoms with E-state index in [0.717, 1.165) is 10.0 Å². The normalized spacial score (nSPS) is 10.8. The van der Waals surface area contributed by atoms with Gasteiger partial charge in [0.25, 0.3) is 5.91 Å². The van der Waals surface area contributed by atoms with Crippen LogP contribution in [-0.4, -0.2) is 32.5 Å². The van der Waals surface area contributed by atoms with Crippen molar-refractivity contribution < 1.29 is 4.79 Å². The Hall–Kier alpha value is -2.21. The van der Waals surface area contributed by atoms with Crippen molar-refractivity contribution in [3.05, 3.63) is 64.7 Å². The first kappa shape index (κ1) is 13.8. The second-order valence-corrected chi connectivity index (χ2v) is 5.67. The third kappa shape index (κ3) is 2.80. The van der Waals surface area contributed by atoms with Crippen LogP contribution in [0.4, 0.5) is 0 Å². The molecule has 5 nitrogen and oxygen atoms in total. The molecular weight excluding hydrogens is 332 g/mol. The van der Waals surface area contributed by atoms with Crippen LogP contribution in [0.5, 0.6) is 0 Å². The highest BCUT2D eigenvalue weighted by molar-refractivity contribution is 9.10. The molecule has 0 saturated heterocycles. The Labute approximate surface area is 130 Å². The highest BCUT2D eigenvalue weighted by Crippen LogP contribution is 2.16. The Morgan fingerprint density at radius 2 is 2.24 bits per heavy atom. The van der Waals surface area contributed by atoms with Crippen LogP contribution in [0.2, 0.25) is 0 Å². The molecule has 6 heteroatoms. The predicted molar refractivity (Wildman–Crippen MR) is 82.9 cm³/mol. The van der Waals surface area contributed by atoms with Crippen LogP contribution < -0.4 is 0 Å². The summed E-state index contributed by atoms with van der Waals surface area (Å²) in [5, 5.41) is 4.16. The van der Waals surface area contributed by atoms with E-state index in [1.807, 2.05) is 24.3 Å². The maximum absolute atomic E-state index is 12.5. The van der Waals surface area contributed by atoms with E-state index >= 15 is 0 Å². The van der Waals surface area contributed by atoms with Gasteiger partial charge in [-0.2, -0.15) is 5.10 Å². The first-order chi connectivity index (χ1) is 10.1. The van der Waals surface area contributed by atoms with E-state index in [0.29, 0.717) is 17.6 Å². The molecule has 0 bridgehead atoms. The second kappa shape index (κ2) is 5.65. The van der Waals surface area contributed by atoms with Crippen LogP contribution in [0, 0.1) is 0 Å². The fourth-order valence-electron chi connectivity index (χ4n) is 2.19. The number of halogens is 1. The molecule has 1 amide bonds. The molecule has 3 rings (SSSR count). The zero-order valence-electron chi connectivity index (χ0n) is 11.4. The lowest BCUT2D eigenvalue weighted by Crippen LogP contribution is -2.26.